The van der Waals surface area contributed by atoms with E-state index in [1.807, 2.05) is 13.8 Å². The van der Waals surface area contributed by atoms with Gasteiger partial charge in [0, 0.05) is 12.2 Å². The van der Waals surface area contributed by atoms with Crippen LogP contribution < -0.4 is 5.56 Å². The molecular formula is C8H10Cl2N2O. The Bertz CT molecular complexity index is 362. The third-order valence-corrected chi connectivity index (χ3v) is 2.36. The fourth-order valence-corrected chi connectivity index (χ4v) is 1.40. The Morgan fingerprint density at radius 2 is 2.23 bits per heavy atom. The molecule has 1 unspecified atom stereocenters. The molecule has 13 heavy (non-hydrogen) atoms. The van der Waals surface area contributed by atoms with Gasteiger partial charge in [0.1, 0.15) is 5.15 Å². The molecule has 0 aliphatic heterocycles. The van der Waals surface area contributed by atoms with Crippen molar-refractivity contribution in [1.82, 2.24) is 9.55 Å². The summed E-state index contributed by atoms with van der Waals surface area (Å²) in [6, 6.07) is 0.0884. The summed E-state index contributed by atoms with van der Waals surface area (Å²) >= 11 is 11.3. The lowest BCUT2D eigenvalue weighted by Gasteiger charge is -2.12. The van der Waals surface area contributed by atoms with Crippen LogP contribution in [0.5, 0.6) is 0 Å². The predicted octanol–water partition coefficient (Wildman–Crippen LogP) is 2.52. The zero-order chi connectivity index (χ0) is 10.0. The molecule has 0 saturated carbocycles. The quantitative estimate of drug-likeness (QED) is 0.768. The van der Waals surface area contributed by atoms with Gasteiger partial charge >= 0.3 is 0 Å². The van der Waals surface area contributed by atoms with E-state index in [0.29, 0.717) is 0 Å². The summed E-state index contributed by atoms with van der Waals surface area (Å²) in [5.41, 5.74) is -0.291. The van der Waals surface area contributed by atoms with Crippen molar-refractivity contribution in [1.29, 1.82) is 0 Å². The highest BCUT2D eigenvalue weighted by atomic mass is 35.5. The Hall–Kier alpha value is -0.540. The Balaban J connectivity index is 3.28. The minimum absolute atomic E-state index is 0.0761. The van der Waals surface area contributed by atoms with Crippen LogP contribution >= 0.6 is 23.2 Å². The summed E-state index contributed by atoms with van der Waals surface area (Å²) in [6.45, 7) is 3.91. The van der Waals surface area contributed by atoms with Crippen LogP contribution in [0, 0.1) is 0 Å². The Kier molecular flexibility index (Phi) is 3.33. The zero-order valence-electron chi connectivity index (χ0n) is 7.42. The van der Waals surface area contributed by atoms with Crippen molar-refractivity contribution >= 4 is 23.2 Å². The lowest BCUT2D eigenvalue weighted by molar-refractivity contribution is 0.511. The normalized spacial score (nSPS) is 12.9. The molecule has 1 aromatic rings. The third-order valence-electron chi connectivity index (χ3n) is 1.93. The lowest BCUT2D eigenvalue weighted by atomic mass is 10.2. The largest absolute Gasteiger partial charge is 0.307 e. The SMILES string of the molecule is CCC(C)n1cc(Cl)nc(Cl)c1=O. The van der Waals surface area contributed by atoms with Crippen LogP contribution in [0.25, 0.3) is 0 Å². The highest BCUT2D eigenvalue weighted by molar-refractivity contribution is 6.32. The first-order chi connectivity index (χ1) is 6.06. The topological polar surface area (TPSA) is 34.9 Å². The lowest BCUT2D eigenvalue weighted by Crippen LogP contribution is -2.23. The monoisotopic (exact) mass is 220 g/mol. The summed E-state index contributed by atoms with van der Waals surface area (Å²) in [5.74, 6) is 0. The van der Waals surface area contributed by atoms with E-state index in [4.69, 9.17) is 23.2 Å². The molecule has 0 N–H and O–H groups in total. The predicted molar refractivity (Wildman–Crippen MR) is 53.5 cm³/mol. The van der Waals surface area contributed by atoms with Crippen molar-refractivity contribution in [3.63, 3.8) is 0 Å². The van der Waals surface area contributed by atoms with Gasteiger partial charge in [0.25, 0.3) is 5.56 Å². The minimum atomic E-state index is -0.291. The molecule has 0 spiro atoms. The standard InChI is InChI=1S/C8H10Cl2N2O/c1-3-5(2)12-4-6(9)11-7(10)8(12)13/h4-5H,3H2,1-2H3. The molecule has 0 aromatic carbocycles. The van der Waals surface area contributed by atoms with Crippen molar-refractivity contribution in [2.75, 3.05) is 0 Å². The van der Waals surface area contributed by atoms with Gasteiger partial charge in [0.2, 0.25) is 0 Å². The first-order valence-corrected chi connectivity index (χ1v) is 4.76. The molecule has 3 nitrogen and oxygen atoms in total. The van der Waals surface area contributed by atoms with Gasteiger partial charge in [-0.1, -0.05) is 30.1 Å². The van der Waals surface area contributed by atoms with Gasteiger partial charge in [-0.2, -0.15) is 0 Å². The van der Waals surface area contributed by atoms with Crippen molar-refractivity contribution < 1.29 is 0 Å². The van der Waals surface area contributed by atoms with Crippen LogP contribution in [-0.4, -0.2) is 9.55 Å². The highest BCUT2D eigenvalue weighted by Crippen LogP contribution is 2.12. The summed E-state index contributed by atoms with van der Waals surface area (Å²) in [5, 5.41) is 0.165. The molecule has 0 bridgehead atoms. The summed E-state index contributed by atoms with van der Waals surface area (Å²) < 4.78 is 1.50. The molecule has 5 heteroatoms. The van der Waals surface area contributed by atoms with E-state index in [-0.39, 0.29) is 21.9 Å². The van der Waals surface area contributed by atoms with Gasteiger partial charge in [0.05, 0.1) is 0 Å². The number of hydrogen-bond acceptors (Lipinski definition) is 2. The molecule has 1 heterocycles. The number of hydrogen-bond donors (Lipinski definition) is 0. The molecule has 0 saturated heterocycles. The average molecular weight is 221 g/mol. The summed E-state index contributed by atoms with van der Waals surface area (Å²) in [7, 11) is 0. The first kappa shape index (κ1) is 10.5. The zero-order valence-corrected chi connectivity index (χ0v) is 8.93. The van der Waals surface area contributed by atoms with E-state index in [2.05, 4.69) is 4.98 Å². The van der Waals surface area contributed by atoms with Crippen molar-refractivity contribution in [3.8, 4) is 0 Å². The minimum Gasteiger partial charge on any atom is -0.307 e. The van der Waals surface area contributed by atoms with Crippen LogP contribution in [0.3, 0.4) is 0 Å². The molecule has 0 amide bonds. The Morgan fingerprint density at radius 3 is 2.77 bits per heavy atom. The van der Waals surface area contributed by atoms with Crippen LogP contribution in [0.4, 0.5) is 0 Å². The molecule has 72 valence electrons. The molecule has 0 aliphatic carbocycles. The number of rotatable bonds is 2. The van der Waals surface area contributed by atoms with E-state index >= 15 is 0 Å². The van der Waals surface area contributed by atoms with E-state index < -0.39 is 0 Å². The molecule has 0 aliphatic rings. The maximum absolute atomic E-state index is 11.4. The fraction of sp³-hybridized carbons (Fsp3) is 0.500. The highest BCUT2D eigenvalue weighted by Gasteiger charge is 2.09. The molecular weight excluding hydrogens is 211 g/mol. The van der Waals surface area contributed by atoms with E-state index in [0.717, 1.165) is 6.42 Å². The molecule has 1 aromatic heterocycles. The van der Waals surface area contributed by atoms with Gasteiger partial charge in [-0.25, -0.2) is 4.98 Å². The fourth-order valence-electron chi connectivity index (χ4n) is 0.974. The molecule has 1 rings (SSSR count). The summed E-state index contributed by atoms with van der Waals surface area (Å²) in [4.78, 5) is 15.1. The van der Waals surface area contributed by atoms with Gasteiger partial charge in [-0.3, -0.25) is 4.79 Å². The van der Waals surface area contributed by atoms with Gasteiger partial charge in [-0.15, -0.1) is 0 Å². The Morgan fingerprint density at radius 1 is 1.62 bits per heavy atom. The average Bonchev–Trinajstić information content (AvgIpc) is 2.10. The van der Waals surface area contributed by atoms with Crippen LogP contribution in [0.1, 0.15) is 26.3 Å². The first-order valence-electron chi connectivity index (χ1n) is 4.00. The molecule has 1 atom stereocenters. The van der Waals surface area contributed by atoms with Crippen molar-refractivity contribution in [3.05, 3.63) is 26.9 Å². The van der Waals surface area contributed by atoms with Crippen LogP contribution in [-0.2, 0) is 0 Å². The van der Waals surface area contributed by atoms with Crippen LogP contribution in [0.2, 0.25) is 10.3 Å². The maximum Gasteiger partial charge on any atom is 0.288 e. The maximum atomic E-state index is 11.4. The van der Waals surface area contributed by atoms with Crippen LogP contribution in [0.15, 0.2) is 11.0 Å². The molecule has 0 fully saturated rings. The smallest absolute Gasteiger partial charge is 0.288 e. The van der Waals surface area contributed by atoms with E-state index in [9.17, 15) is 4.79 Å². The van der Waals surface area contributed by atoms with Gasteiger partial charge in [0.15, 0.2) is 5.15 Å². The van der Waals surface area contributed by atoms with Crippen molar-refractivity contribution in [2.24, 2.45) is 0 Å². The third kappa shape index (κ3) is 2.23. The second-order valence-corrected chi connectivity index (χ2v) is 3.57. The number of halogens is 2. The summed E-state index contributed by atoms with van der Waals surface area (Å²) in [6.07, 6.45) is 2.35. The molecule has 0 radical (unpaired) electrons. The number of aromatic nitrogens is 2. The van der Waals surface area contributed by atoms with Gasteiger partial charge < -0.3 is 4.57 Å². The van der Waals surface area contributed by atoms with E-state index in [1.165, 1.54) is 10.8 Å². The second-order valence-electron chi connectivity index (χ2n) is 2.82. The van der Waals surface area contributed by atoms with Crippen molar-refractivity contribution in [2.45, 2.75) is 26.3 Å². The van der Waals surface area contributed by atoms with E-state index in [1.54, 1.807) is 0 Å². The Labute approximate surface area is 86.3 Å². The van der Waals surface area contributed by atoms with Gasteiger partial charge in [-0.05, 0) is 13.3 Å². The second kappa shape index (κ2) is 4.11. The number of nitrogens with zero attached hydrogens (tertiary/aromatic N) is 2.